The molecule has 5 nitrogen and oxygen atoms in total. The van der Waals surface area contributed by atoms with Crippen LogP contribution >= 0.6 is 15.9 Å². The predicted molar refractivity (Wildman–Crippen MR) is 100 cm³/mol. The standard InChI is InChI=1S/C19H13BrN2O3/c20-14-6-8-16-18(10-14)22(24)19-11-15(7-9-17(19)21(16)23)25-12-13-4-2-1-3-5-13/h1-11H,12H2. The number of aromatic nitrogens is 2. The molecule has 0 aliphatic heterocycles. The van der Waals surface area contributed by atoms with E-state index in [-0.39, 0.29) is 5.52 Å². The van der Waals surface area contributed by atoms with E-state index in [1.54, 1.807) is 36.4 Å². The Morgan fingerprint density at radius 2 is 1.64 bits per heavy atom. The van der Waals surface area contributed by atoms with Gasteiger partial charge in [0.05, 0.1) is 4.43 Å². The summed E-state index contributed by atoms with van der Waals surface area (Å²) in [4.78, 5) is 12.6. The van der Waals surface area contributed by atoms with Gasteiger partial charge in [-0.25, -0.2) is 0 Å². The van der Waals surface area contributed by atoms with E-state index in [0.717, 1.165) is 19.2 Å². The van der Waals surface area contributed by atoms with Gasteiger partial charge in [-0.1, -0.05) is 46.3 Å². The maximum absolute atomic E-state index is 12.7. The van der Waals surface area contributed by atoms with Gasteiger partial charge in [0.25, 0.3) is 11.0 Å². The summed E-state index contributed by atoms with van der Waals surface area (Å²) in [6.45, 7) is 0.391. The van der Waals surface area contributed by atoms with Crippen molar-refractivity contribution >= 4 is 38.0 Å². The second kappa shape index (κ2) is 6.22. The Hall–Kier alpha value is -2.86. The smallest absolute Gasteiger partial charge is 0.287 e. The molecule has 0 fully saturated rings. The highest BCUT2D eigenvalue weighted by molar-refractivity contribution is 9.10. The topological polar surface area (TPSA) is 60.2 Å². The lowest BCUT2D eigenvalue weighted by molar-refractivity contribution is -0.432. The number of fused-ring (bicyclic) bond motifs is 2. The van der Waals surface area contributed by atoms with E-state index in [2.05, 4.69) is 15.9 Å². The molecule has 25 heavy (non-hydrogen) atoms. The van der Waals surface area contributed by atoms with Crippen LogP contribution in [0.25, 0.3) is 22.1 Å². The molecule has 3 aromatic carbocycles. The molecule has 0 saturated carbocycles. The van der Waals surface area contributed by atoms with Crippen molar-refractivity contribution in [1.82, 2.24) is 4.73 Å². The van der Waals surface area contributed by atoms with Crippen LogP contribution in [0.4, 0.5) is 0 Å². The van der Waals surface area contributed by atoms with Crippen LogP contribution in [0.2, 0.25) is 0 Å². The maximum atomic E-state index is 12.7. The van der Waals surface area contributed by atoms with Gasteiger partial charge in [-0.2, -0.15) is 0 Å². The maximum Gasteiger partial charge on any atom is 0.287 e. The highest BCUT2D eigenvalue weighted by Gasteiger charge is 2.16. The monoisotopic (exact) mass is 396 g/mol. The van der Waals surface area contributed by atoms with E-state index in [0.29, 0.717) is 28.9 Å². The first-order valence-corrected chi connectivity index (χ1v) is 8.47. The molecular weight excluding hydrogens is 384 g/mol. The summed E-state index contributed by atoms with van der Waals surface area (Å²) in [5.41, 5.74) is 2.22. The Kier molecular flexibility index (Phi) is 3.89. The Morgan fingerprint density at radius 3 is 2.40 bits per heavy atom. The number of rotatable bonds is 3. The molecule has 0 N–H and O–H groups in total. The third-order valence-electron chi connectivity index (χ3n) is 4.01. The molecule has 0 aliphatic rings. The minimum Gasteiger partial charge on any atom is -0.805 e. The zero-order chi connectivity index (χ0) is 17.4. The van der Waals surface area contributed by atoms with E-state index in [1.165, 1.54) is 0 Å². The third-order valence-corrected chi connectivity index (χ3v) is 4.50. The number of halogens is 1. The van der Waals surface area contributed by atoms with Gasteiger partial charge in [0.15, 0.2) is 0 Å². The number of hydrogen-bond donors (Lipinski definition) is 0. The van der Waals surface area contributed by atoms with Gasteiger partial charge in [0, 0.05) is 27.6 Å². The van der Waals surface area contributed by atoms with Crippen LogP contribution in [-0.4, -0.2) is 4.73 Å². The van der Waals surface area contributed by atoms with Crippen LogP contribution in [0, 0.1) is 10.1 Å². The summed E-state index contributed by atoms with van der Waals surface area (Å²) in [7, 11) is 0. The van der Waals surface area contributed by atoms with Crippen molar-refractivity contribution in [1.29, 1.82) is 0 Å². The quantitative estimate of drug-likeness (QED) is 0.380. The molecule has 0 atom stereocenters. The fourth-order valence-electron chi connectivity index (χ4n) is 2.76. The van der Waals surface area contributed by atoms with E-state index in [4.69, 9.17) is 4.74 Å². The highest BCUT2D eigenvalue weighted by Crippen LogP contribution is 2.24. The molecule has 0 amide bonds. The van der Waals surface area contributed by atoms with Crippen LogP contribution in [0.1, 0.15) is 5.56 Å². The van der Waals surface area contributed by atoms with Gasteiger partial charge in [0.1, 0.15) is 23.4 Å². The molecule has 1 heterocycles. The van der Waals surface area contributed by atoms with E-state index in [1.807, 2.05) is 30.3 Å². The molecule has 0 unspecified atom stereocenters. The summed E-state index contributed by atoms with van der Waals surface area (Å²) >= 11 is 3.33. The zero-order valence-corrected chi connectivity index (χ0v) is 14.6. The second-order valence-electron chi connectivity index (χ2n) is 5.65. The van der Waals surface area contributed by atoms with Crippen molar-refractivity contribution in [3.8, 4) is 5.75 Å². The zero-order valence-electron chi connectivity index (χ0n) is 13.1. The second-order valence-corrected chi connectivity index (χ2v) is 6.56. The third kappa shape index (κ3) is 2.85. The number of nitrogens with zero attached hydrogens (tertiary/aromatic N) is 2. The van der Waals surface area contributed by atoms with Crippen LogP contribution in [0.15, 0.2) is 71.2 Å². The van der Waals surface area contributed by atoms with E-state index >= 15 is 0 Å². The summed E-state index contributed by atoms with van der Waals surface area (Å²) < 4.78 is 8.03. The van der Waals surface area contributed by atoms with Gasteiger partial charge in [-0.05, 0) is 23.8 Å². The van der Waals surface area contributed by atoms with Crippen LogP contribution in [0.5, 0.6) is 5.75 Å². The molecule has 0 bridgehead atoms. The predicted octanol–water partition coefficient (Wildman–Crippen LogP) is 4.40. The normalized spacial score (nSPS) is 11.1. The number of hydrogen-bond acceptors (Lipinski definition) is 3. The minimum absolute atomic E-state index is 0.270. The first kappa shape index (κ1) is 15.7. The van der Waals surface area contributed by atoms with E-state index < -0.39 is 0 Å². The largest absolute Gasteiger partial charge is 0.805 e. The molecule has 4 rings (SSSR count). The molecule has 0 aliphatic carbocycles. The molecule has 0 saturated heterocycles. The fraction of sp³-hybridized carbons (Fsp3) is 0.0526. The SMILES string of the molecule is O=[n+]1c2ccc(Br)cc2n([O-])c2cc(OCc3ccccc3)ccc21. The van der Waals surface area contributed by atoms with Gasteiger partial charge in [-0.15, -0.1) is 0 Å². The molecule has 6 heteroatoms. The lowest BCUT2D eigenvalue weighted by atomic mass is 10.2. The van der Waals surface area contributed by atoms with Crippen molar-refractivity contribution in [3.63, 3.8) is 0 Å². The molecule has 1 aromatic heterocycles. The lowest BCUT2D eigenvalue weighted by Gasteiger charge is -2.15. The summed E-state index contributed by atoms with van der Waals surface area (Å²) in [5, 5.41) is 12.7. The first-order chi connectivity index (χ1) is 12.1. The minimum atomic E-state index is 0.270. The Balaban J connectivity index is 1.81. The van der Waals surface area contributed by atoms with E-state index in [9.17, 15) is 10.1 Å². The first-order valence-electron chi connectivity index (χ1n) is 7.68. The van der Waals surface area contributed by atoms with Crippen LogP contribution in [-0.2, 0) is 6.61 Å². The number of ether oxygens (including phenoxy) is 1. The highest BCUT2D eigenvalue weighted by atomic mass is 79.9. The fourth-order valence-corrected chi connectivity index (χ4v) is 3.11. The van der Waals surface area contributed by atoms with Crippen LogP contribution in [0.3, 0.4) is 0 Å². The lowest BCUT2D eigenvalue weighted by Crippen LogP contribution is -2.19. The number of benzene rings is 3. The average molecular weight is 397 g/mol. The summed E-state index contributed by atoms with van der Waals surface area (Å²) in [6.07, 6.45) is 0. The van der Waals surface area contributed by atoms with Crippen molar-refractivity contribution < 1.29 is 9.16 Å². The summed E-state index contributed by atoms with van der Waals surface area (Å²) in [6, 6.07) is 19.6. The van der Waals surface area contributed by atoms with Gasteiger partial charge in [0.2, 0.25) is 0 Å². The Labute approximate surface area is 151 Å². The Morgan fingerprint density at radius 1 is 0.960 bits per heavy atom. The molecule has 0 spiro atoms. The van der Waals surface area contributed by atoms with Gasteiger partial charge < -0.3 is 14.7 Å². The van der Waals surface area contributed by atoms with Crippen molar-refractivity contribution in [3.05, 3.63) is 86.9 Å². The van der Waals surface area contributed by atoms with Crippen molar-refractivity contribution in [2.45, 2.75) is 6.61 Å². The molecule has 124 valence electrons. The van der Waals surface area contributed by atoms with Crippen LogP contribution < -0.4 is 9.16 Å². The molecule has 4 aromatic rings. The van der Waals surface area contributed by atoms with Crippen molar-refractivity contribution in [2.75, 3.05) is 0 Å². The van der Waals surface area contributed by atoms with Gasteiger partial charge >= 0.3 is 0 Å². The molecular formula is C19H13BrN2O3. The van der Waals surface area contributed by atoms with Crippen molar-refractivity contribution in [2.24, 2.45) is 0 Å². The van der Waals surface area contributed by atoms with Gasteiger partial charge in [-0.3, -0.25) is 0 Å². The molecule has 0 radical (unpaired) electrons. The average Bonchev–Trinajstić information content (AvgIpc) is 2.65. The summed E-state index contributed by atoms with van der Waals surface area (Å²) in [5.74, 6) is 0.537. The Bertz CT molecular complexity index is 1140.